The number of carbonyl (C=O) groups is 2. The van der Waals surface area contributed by atoms with Gasteiger partial charge in [0.2, 0.25) is 5.91 Å². The zero-order chi connectivity index (χ0) is 17.5. The lowest BCUT2D eigenvalue weighted by Gasteiger charge is -2.19. The van der Waals surface area contributed by atoms with Gasteiger partial charge in [-0.3, -0.25) is 4.79 Å². The molecule has 0 unspecified atom stereocenters. The number of nitrogens with two attached hydrogens (primary N) is 1. The Morgan fingerprint density at radius 3 is 2.42 bits per heavy atom. The Morgan fingerprint density at radius 2 is 1.88 bits per heavy atom. The number of carbonyl (C=O) groups excluding carboxylic acids is 2. The molecule has 0 bridgehead atoms. The van der Waals surface area contributed by atoms with Crippen LogP contribution in [0.2, 0.25) is 0 Å². The average Bonchev–Trinajstić information content (AvgIpc) is 3.08. The highest BCUT2D eigenvalue weighted by Crippen LogP contribution is 2.22. The van der Waals surface area contributed by atoms with E-state index in [0.717, 1.165) is 16.9 Å². The Bertz CT molecular complexity index is 668. The van der Waals surface area contributed by atoms with Crippen LogP contribution in [0, 0.1) is 0 Å². The number of urea groups is 1. The smallest absolute Gasteiger partial charge is 0.312 e. The highest BCUT2D eigenvalue weighted by molar-refractivity contribution is 7.10. The zero-order valence-electron chi connectivity index (χ0n) is 13.9. The Balaban J connectivity index is 1.97. The van der Waals surface area contributed by atoms with E-state index in [4.69, 9.17) is 5.73 Å². The molecule has 0 fully saturated rings. The van der Waals surface area contributed by atoms with E-state index in [1.807, 2.05) is 36.6 Å². The van der Waals surface area contributed by atoms with Crippen molar-refractivity contribution >= 4 is 23.3 Å². The molecule has 2 rings (SSSR count). The molecule has 128 valence electrons. The summed E-state index contributed by atoms with van der Waals surface area (Å²) in [6, 6.07) is 10.8. The number of hydrogen-bond acceptors (Lipinski definition) is 3. The predicted molar refractivity (Wildman–Crippen MR) is 96.8 cm³/mol. The minimum absolute atomic E-state index is 0.0963. The normalized spacial score (nSPS) is 13.1. The van der Waals surface area contributed by atoms with E-state index >= 15 is 0 Å². The lowest BCUT2D eigenvalue weighted by molar-refractivity contribution is -0.122. The van der Waals surface area contributed by atoms with Crippen LogP contribution in [0.4, 0.5) is 4.79 Å². The Kier molecular flexibility index (Phi) is 6.37. The van der Waals surface area contributed by atoms with E-state index in [2.05, 4.69) is 29.7 Å². The Hall–Kier alpha value is -2.34. The molecule has 0 saturated heterocycles. The molecule has 5 nitrogen and oxygen atoms in total. The van der Waals surface area contributed by atoms with Gasteiger partial charge < -0.3 is 16.4 Å². The maximum Gasteiger partial charge on any atom is 0.312 e. The van der Waals surface area contributed by atoms with Crippen molar-refractivity contribution < 1.29 is 9.59 Å². The molecule has 1 aromatic heterocycles. The van der Waals surface area contributed by atoms with Crippen molar-refractivity contribution in [1.82, 2.24) is 10.6 Å². The van der Waals surface area contributed by atoms with Crippen molar-refractivity contribution in [3.8, 4) is 0 Å². The van der Waals surface area contributed by atoms with Crippen LogP contribution in [0.1, 0.15) is 48.4 Å². The summed E-state index contributed by atoms with van der Waals surface area (Å²) < 4.78 is 0. The molecule has 0 aliphatic carbocycles. The molecule has 2 aromatic rings. The maximum absolute atomic E-state index is 12.3. The Labute approximate surface area is 146 Å². The van der Waals surface area contributed by atoms with E-state index in [1.165, 1.54) is 16.9 Å². The van der Waals surface area contributed by atoms with Gasteiger partial charge in [-0.2, -0.15) is 0 Å². The first-order valence-corrected chi connectivity index (χ1v) is 8.85. The number of thiophene rings is 1. The molecule has 1 heterocycles. The zero-order valence-corrected chi connectivity index (χ0v) is 14.7. The fourth-order valence-electron chi connectivity index (χ4n) is 2.50. The number of amides is 3. The van der Waals surface area contributed by atoms with Crippen LogP contribution in [0.15, 0.2) is 41.8 Å². The monoisotopic (exact) mass is 345 g/mol. The molecule has 4 N–H and O–H groups in total. The third-order valence-electron chi connectivity index (χ3n) is 3.86. The van der Waals surface area contributed by atoms with Gasteiger partial charge in [-0.05, 0) is 35.9 Å². The molecule has 0 aliphatic rings. The molecule has 1 aromatic carbocycles. The van der Waals surface area contributed by atoms with Gasteiger partial charge in [-0.15, -0.1) is 11.3 Å². The SMILES string of the molecule is CCc1ccc([C@@H](C)NC(=O)C[C@@H](NC(N)=O)c2cccs2)cc1. The molecule has 0 spiro atoms. The summed E-state index contributed by atoms with van der Waals surface area (Å²) in [6.07, 6.45) is 1.14. The van der Waals surface area contributed by atoms with Crippen LogP contribution >= 0.6 is 11.3 Å². The molecule has 0 radical (unpaired) electrons. The molecule has 6 heteroatoms. The van der Waals surface area contributed by atoms with Gasteiger partial charge in [-0.1, -0.05) is 37.3 Å². The van der Waals surface area contributed by atoms with Crippen LogP contribution in [-0.4, -0.2) is 11.9 Å². The van der Waals surface area contributed by atoms with Crippen LogP contribution in [0.5, 0.6) is 0 Å². The summed E-state index contributed by atoms with van der Waals surface area (Å²) in [5, 5.41) is 7.51. The standard InChI is InChI=1S/C18H23N3O2S/c1-3-13-6-8-14(9-7-13)12(2)20-17(22)11-15(21-18(19)23)16-5-4-10-24-16/h4-10,12,15H,3,11H2,1-2H3,(H,20,22)(H3,19,21,23)/t12-,15-/m1/s1. The van der Waals surface area contributed by atoms with E-state index in [1.54, 1.807) is 0 Å². The van der Waals surface area contributed by atoms with E-state index < -0.39 is 12.1 Å². The van der Waals surface area contributed by atoms with Gasteiger partial charge in [-0.25, -0.2) is 4.79 Å². The quantitative estimate of drug-likeness (QED) is 0.719. The number of nitrogens with one attached hydrogen (secondary N) is 2. The van der Waals surface area contributed by atoms with Crippen molar-refractivity contribution in [2.75, 3.05) is 0 Å². The van der Waals surface area contributed by atoms with Gasteiger partial charge in [0.05, 0.1) is 18.5 Å². The predicted octanol–water partition coefficient (Wildman–Crippen LogP) is 3.29. The lowest BCUT2D eigenvalue weighted by Crippen LogP contribution is -2.36. The van der Waals surface area contributed by atoms with Crippen LogP contribution in [-0.2, 0) is 11.2 Å². The fourth-order valence-corrected chi connectivity index (χ4v) is 3.27. The van der Waals surface area contributed by atoms with E-state index in [0.29, 0.717) is 0 Å². The second-order valence-corrected chi connectivity index (χ2v) is 6.64. The summed E-state index contributed by atoms with van der Waals surface area (Å²) in [6.45, 7) is 4.05. The first kappa shape index (κ1) is 18.0. The molecule has 3 amide bonds. The second kappa shape index (κ2) is 8.49. The Morgan fingerprint density at radius 1 is 1.17 bits per heavy atom. The van der Waals surface area contributed by atoms with E-state index in [9.17, 15) is 9.59 Å². The third-order valence-corrected chi connectivity index (χ3v) is 4.84. The van der Waals surface area contributed by atoms with Crippen LogP contribution in [0.3, 0.4) is 0 Å². The molecule has 0 saturated carbocycles. The number of benzene rings is 1. The van der Waals surface area contributed by atoms with Gasteiger partial charge >= 0.3 is 6.03 Å². The van der Waals surface area contributed by atoms with Crippen molar-refractivity contribution in [2.45, 2.75) is 38.8 Å². The largest absolute Gasteiger partial charge is 0.352 e. The first-order chi connectivity index (χ1) is 11.5. The fraction of sp³-hybridized carbons (Fsp3) is 0.333. The molecule has 2 atom stereocenters. The highest BCUT2D eigenvalue weighted by atomic mass is 32.1. The number of primary amides is 1. The summed E-state index contributed by atoms with van der Waals surface area (Å²) in [5.41, 5.74) is 7.53. The van der Waals surface area contributed by atoms with Crippen LogP contribution < -0.4 is 16.4 Å². The first-order valence-electron chi connectivity index (χ1n) is 7.97. The molecular weight excluding hydrogens is 322 g/mol. The summed E-state index contributed by atoms with van der Waals surface area (Å²) in [7, 11) is 0. The topological polar surface area (TPSA) is 84.2 Å². The lowest BCUT2D eigenvalue weighted by atomic mass is 10.0. The summed E-state index contributed by atoms with van der Waals surface area (Å²) in [4.78, 5) is 24.4. The summed E-state index contributed by atoms with van der Waals surface area (Å²) >= 11 is 1.48. The highest BCUT2D eigenvalue weighted by Gasteiger charge is 2.19. The number of rotatable bonds is 7. The minimum Gasteiger partial charge on any atom is -0.352 e. The molecule has 0 aliphatic heterocycles. The van der Waals surface area contributed by atoms with Gasteiger partial charge in [0.1, 0.15) is 0 Å². The summed E-state index contributed by atoms with van der Waals surface area (Å²) in [5.74, 6) is -0.130. The van der Waals surface area contributed by atoms with Crippen molar-refractivity contribution in [2.24, 2.45) is 5.73 Å². The van der Waals surface area contributed by atoms with E-state index in [-0.39, 0.29) is 18.4 Å². The molecular formula is C18H23N3O2S. The van der Waals surface area contributed by atoms with Crippen LogP contribution in [0.25, 0.3) is 0 Å². The second-order valence-electron chi connectivity index (χ2n) is 5.67. The number of aryl methyl sites for hydroxylation is 1. The van der Waals surface area contributed by atoms with Crippen molar-refractivity contribution in [1.29, 1.82) is 0 Å². The number of hydrogen-bond donors (Lipinski definition) is 3. The molecule has 24 heavy (non-hydrogen) atoms. The maximum atomic E-state index is 12.3. The average molecular weight is 345 g/mol. The van der Waals surface area contributed by atoms with Gasteiger partial charge in [0.25, 0.3) is 0 Å². The van der Waals surface area contributed by atoms with Crippen molar-refractivity contribution in [3.05, 3.63) is 57.8 Å². The van der Waals surface area contributed by atoms with Gasteiger partial charge in [0, 0.05) is 4.88 Å². The van der Waals surface area contributed by atoms with Crippen molar-refractivity contribution in [3.63, 3.8) is 0 Å². The third kappa shape index (κ3) is 5.09. The minimum atomic E-state index is -0.635. The van der Waals surface area contributed by atoms with Gasteiger partial charge in [0.15, 0.2) is 0 Å².